The molecule has 1 amide bonds. The van der Waals surface area contributed by atoms with E-state index in [9.17, 15) is 18.0 Å². The summed E-state index contributed by atoms with van der Waals surface area (Å²) in [5.41, 5.74) is 1.62. The van der Waals surface area contributed by atoms with Crippen molar-refractivity contribution in [2.45, 2.75) is 50.9 Å². The van der Waals surface area contributed by atoms with Crippen LogP contribution < -0.4 is 20.7 Å². The summed E-state index contributed by atoms with van der Waals surface area (Å²) in [4.78, 5) is 16.3. The van der Waals surface area contributed by atoms with Gasteiger partial charge in [0, 0.05) is 35.1 Å². The van der Waals surface area contributed by atoms with Crippen molar-refractivity contribution in [3.63, 3.8) is 0 Å². The first kappa shape index (κ1) is 25.3. The molecule has 0 aliphatic heterocycles. The van der Waals surface area contributed by atoms with Crippen molar-refractivity contribution in [2.75, 3.05) is 17.7 Å². The molecule has 1 fully saturated rings. The number of aryl methyl sites for hydroxylation is 1. The Labute approximate surface area is 208 Å². The Morgan fingerprint density at radius 3 is 2.28 bits per heavy atom. The largest absolute Gasteiger partial charge is 0.497 e. The van der Waals surface area contributed by atoms with E-state index >= 15 is 0 Å². The van der Waals surface area contributed by atoms with Crippen LogP contribution in [-0.2, 0) is 6.18 Å². The van der Waals surface area contributed by atoms with Gasteiger partial charge in [-0.25, -0.2) is 4.98 Å². The second-order valence-electron chi connectivity index (χ2n) is 9.01. The lowest BCUT2D eigenvalue weighted by molar-refractivity contribution is -0.141. The molecule has 4 rings (SSSR count). The highest BCUT2D eigenvalue weighted by Crippen LogP contribution is 2.33. The molecular weight excluding hydrogens is 469 g/mol. The van der Waals surface area contributed by atoms with E-state index in [0.717, 1.165) is 37.3 Å². The van der Waals surface area contributed by atoms with Gasteiger partial charge in [-0.2, -0.15) is 13.2 Å². The third-order valence-corrected chi connectivity index (χ3v) is 6.19. The summed E-state index contributed by atoms with van der Waals surface area (Å²) in [5, 5.41) is 9.27. The van der Waals surface area contributed by atoms with Crippen molar-refractivity contribution in [1.82, 2.24) is 10.3 Å². The second-order valence-corrected chi connectivity index (χ2v) is 9.01. The van der Waals surface area contributed by atoms with Crippen LogP contribution in [0.3, 0.4) is 0 Å². The summed E-state index contributed by atoms with van der Waals surface area (Å²) >= 11 is 0. The zero-order valence-corrected chi connectivity index (χ0v) is 20.2. The number of hydrogen-bond acceptors (Lipinski definition) is 5. The highest BCUT2D eigenvalue weighted by molar-refractivity contribution is 5.94. The van der Waals surface area contributed by atoms with Gasteiger partial charge >= 0.3 is 6.18 Å². The number of aromatic nitrogens is 1. The average molecular weight is 499 g/mol. The van der Waals surface area contributed by atoms with Crippen LogP contribution in [0.25, 0.3) is 0 Å². The number of halogens is 3. The van der Waals surface area contributed by atoms with E-state index in [1.807, 2.05) is 25.1 Å². The first-order valence-corrected chi connectivity index (χ1v) is 11.8. The fourth-order valence-electron chi connectivity index (χ4n) is 4.32. The van der Waals surface area contributed by atoms with Gasteiger partial charge in [0.25, 0.3) is 5.91 Å². The number of rotatable bonds is 7. The smallest absolute Gasteiger partial charge is 0.433 e. The van der Waals surface area contributed by atoms with Crippen molar-refractivity contribution in [3.8, 4) is 5.75 Å². The molecule has 36 heavy (non-hydrogen) atoms. The van der Waals surface area contributed by atoms with Crippen molar-refractivity contribution in [2.24, 2.45) is 0 Å². The first-order chi connectivity index (χ1) is 17.2. The highest BCUT2D eigenvalue weighted by atomic mass is 19.4. The fraction of sp³-hybridized carbons (Fsp3) is 0.333. The van der Waals surface area contributed by atoms with Gasteiger partial charge < -0.3 is 20.7 Å². The van der Waals surface area contributed by atoms with Crippen molar-refractivity contribution < 1.29 is 22.7 Å². The minimum Gasteiger partial charge on any atom is -0.497 e. The molecule has 1 aromatic heterocycles. The van der Waals surface area contributed by atoms with E-state index < -0.39 is 11.9 Å². The predicted molar refractivity (Wildman–Crippen MR) is 134 cm³/mol. The number of methoxy groups -OCH3 is 1. The standard InChI is InChI=1S/C27H29F3N4O2/c1-17-4-3-5-21(14-17)32-25-16-22(15-24(34-25)27(28,29)30)31-19-8-10-20(11-9-19)33-26(35)18-6-12-23(36-2)13-7-18/h3-7,12-16,19-20H,8-11H2,1-2H3,(H,33,35)(H2,31,32,34). The number of alkyl halides is 3. The Bertz CT molecular complexity index is 1190. The quantitative estimate of drug-likeness (QED) is 0.356. The zero-order valence-electron chi connectivity index (χ0n) is 20.2. The summed E-state index contributed by atoms with van der Waals surface area (Å²) in [6, 6.07) is 16.9. The Hall–Kier alpha value is -3.75. The zero-order chi connectivity index (χ0) is 25.7. The monoisotopic (exact) mass is 498 g/mol. The van der Waals surface area contributed by atoms with Crippen LogP contribution >= 0.6 is 0 Å². The highest BCUT2D eigenvalue weighted by Gasteiger charge is 2.33. The Kier molecular flexibility index (Phi) is 7.67. The average Bonchev–Trinajstić information content (AvgIpc) is 2.84. The maximum Gasteiger partial charge on any atom is 0.433 e. The van der Waals surface area contributed by atoms with Crippen LogP contribution in [0.5, 0.6) is 5.75 Å². The molecule has 2 aromatic carbocycles. The molecule has 0 spiro atoms. The Balaban J connectivity index is 1.38. The van der Waals surface area contributed by atoms with Gasteiger partial charge in [0.2, 0.25) is 0 Å². The molecule has 0 bridgehead atoms. The summed E-state index contributed by atoms with van der Waals surface area (Å²) in [7, 11) is 1.57. The number of nitrogens with one attached hydrogen (secondary N) is 3. The van der Waals surface area contributed by atoms with Crippen molar-refractivity contribution in [1.29, 1.82) is 0 Å². The lowest BCUT2D eigenvalue weighted by atomic mass is 9.90. The molecule has 3 N–H and O–H groups in total. The molecule has 190 valence electrons. The van der Waals surface area contributed by atoms with E-state index in [1.165, 1.54) is 0 Å². The number of carbonyl (C=O) groups excluding carboxylic acids is 1. The minimum absolute atomic E-state index is 0.00515. The van der Waals surface area contributed by atoms with Crippen LogP contribution in [0.2, 0.25) is 0 Å². The molecule has 0 radical (unpaired) electrons. The number of hydrogen-bond donors (Lipinski definition) is 3. The number of benzene rings is 2. The molecular formula is C27H29F3N4O2. The number of pyridine rings is 1. The Morgan fingerprint density at radius 2 is 1.64 bits per heavy atom. The summed E-state index contributed by atoms with van der Waals surface area (Å²) in [6.45, 7) is 1.91. The lowest BCUT2D eigenvalue weighted by Crippen LogP contribution is -2.40. The van der Waals surface area contributed by atoms with Gasteiger partial charge in [0.05, 0.1) is 7.11 Å². The van der Waals surface area contributed by atoms with Gasteiger partial charge in [-0.15, -0.1) is 0 Å². The fourth-order valence-corrected chi connectivity index (χ4v) is 4.32. The van der Waals surface area contributed by atoms with Gasteiger partial charge in [0.15, 0.2) is 0 Å². The normalized spacial score (nSPS) is 17.8. The van der Waals surface area contributed by atoms with Crippen LogP contribution in [0.15, 0.2) is 60.7 Å². The maximum atomic E-state index is 13.5. The number of anilines is 3. The van der Waals surface area contributed by atoms with E-state index in [-0.39, 0.29) is 23.8 Å². The Morgan fingerprint density at radius 1 is 0.944 bits per heavy atom. The molecule has 1 aliphatic carbocycles. The molecule has 1 saturated carbocycles. The third kappa shape index (κ3) is 6.68. The predicted octanol–water partition coefficient (Wildman–Crippen LogP) is 6.31. The van der Waals surface area contributed by atoms with Crippen LogP contribution in [0.1, 0.15) is 47.3 Å². The van der Waals surface area contributed by atoms with Gasteiger partial charge in [-0.05, 0) is 80.6 Å². The maximum absolute atomic E-state index is 13.5. The lowest BCUT2D eigenvalue weighted by Gasteiger charge is -2.30. The van der Waals surface area contributed by atoms with Gasteiger partial charge in [0.1, 0.15) is 17.3 Å². The summed E-state index contributed by atoms with van der Waals surface area (Å²) < 4.78 is 45.7. The van der Waals surface area contributed by atoms with E-state index in [4.69, 9.17) is 4.74 Å². The third-order valence-electron chi connectivity index (χ3n) is 6.19. The van der Waals surface area contributed by atoms with Crippen molar-refractivity contribution >= 4 is 23.1 Å². The SMILES string of the molecule is COc1ccc(C(=O)NC2CCC(Nc3cc(Nc4cccc(C)c4)nc(C(F)(F)F)c3)CC2)cc1. The molecule has 6 nitrogen and oxygen atoms in total. The van der Waals surface area contributed by atoms with Crippen molar-refractivity contribution in [3.05, 3.63) is 77.5 Å². The van der Waals surface area contributed by atoms with E-state index in [2.05, 4.69) is 20.9 Å². The molecule has 0 atom stereocenters. The molecule has 1 aliphatic rings. The number of nitrogens with zero attached hydrogens (tertiary/aromatic N) is 1. The minimum atomic E-state index is -4.57. The molecule has 0 unspecified atom stereocenters. The topological polar surface area (TPSA) is 75.3 Å². The number of ether oxygens (including phenoxy) is 1. The van der Waals surface area contributed by atoms with Crippen LogP contribution in [0.4, 0.5) is 30.4 Å². The van der Waals surface area contributed by atoms with Gasteiger partial charge in [-0.1, -0.05) is 12.1 Å². The van der Waals surface area contributed by atoms with Gasteiger partial charge in [-0.3, -0.25) is 4.79 Å². The number of amides is 1. The molecule has 0 saturated heterocycles. The summed E-state index contributed by atoms with van der Waals surface area (Å²) in [6.07, 6.45) is -1.67. The molecule has 9 heteroatoms. The van der Waals surface area contributed by atoms with Crippen LogP contribution in [0, 0.1) is 6.92 Å². The van der Waals surface area contributed by atoms with E-state index in [1.54, 1.807) is 43.5 Å². The summed E-state index contributed by atoms with van der Waals surface area (Å²) in [5.74, 6) is 0.656. The number of carbonyl (C=O) groups is 1. The molecule has 3 aromatic rings. The van der Waals surface area contributed by atoms with Crippen LogP contribution in [-0.4, -0.2) is 30.1 Å². The second kappa shape index (κ2) is 10.9. The first-order valence-electron chi connectivity index (χ1n) is 11.8. The van der Waals surface area contributed by atoms with E-state index in [0.29, 0.717) is 22.7 Å². The molecule has 1 heterocycles.